The number of nitrogens with one attached hydrogen (secondary N) is 2. The summed E-state index contributed by atoms with van der Waals surface area (Å²) < 4.78 is 0. The number of amides is 3. The Morgan fingerprint density at radius 2 is 1.65 bits per heavy atom. The normalized spacial score (nSPS) is 17.1. The Bertz CT molecular complexity index is 371. The second kappa shape index (κ2) is 7.26. The molecule has 114 valence electrons. The Labute approximate surface area is 119 Å². The molecule has 0 unspecified atom stereocenters. The highest BCUT2D eigenvalue weighted by Gasteiger charge is 2.30. The molecule has 1 aliphatic carbocycles. The van der Waals surface area contributed by atoms with E-state index >= 15 is 0 Å². The van der Waals surface area contributed by atoms with E-state index in [1.807, 2.05) is 0 Å². The average Bonchev–Trinajstić information content (AvgIpc) is 2.56. The Morgan fingerprint density at radius 3 is 2.15 bits per heavy atom. The van der Waals surface area contributed by atoms with Crippen molar-refractivity contribution in [1.29, 1.82) is 0 Å². The Hall–Kier alpha value is -1.59. The van der Waals surface area contributed by atoms with Crippen molar-refractivity contribution in [2.45, 2.75) is 64.8 Å². The maximum absolute atomic E-state index is 11.7. The molecule has 0 saturated heterocycles. The van der Waals surface area contributed by atoms with Gasteiger partial charge in [0.1, 0.15) is 0 Å². The van der Waals surface area contributed by atoms with Crippen LogP contribution in [0.15, 0.2) is 0 Å². The van der Waals surface area contributed by atoms with Crippen LogP contribution in [0.2, 0.25) is 0 Å². The molecule has 0 radical (unpaired) electrons. The van der Waals surface area contributed by atoms with E-state index in [9.17, 15) is 14.4 Å². The van der Waals surface area contributed by atoms with E-state index in [4.69, 9.17) is 5.11 Å². The Morgan fingerprint density at radius 1 is 1.10 bits per heavy atom. The van der Waals surface area contributed by atoms with Crippen LogP contribution in [0.4, 0.5) is 4.79 Å². The van der Waals surface area contributed by atoms with Crippen molar-refractivity contribution in [2.24, 2.45) is 5.41 Å². The minimum absolute atomic E-state index is 0.109. The highest BCUT2D eigenvalue weighted by molar-refractivity contribution is 5.96. The molecule has 0 aliphatic heterocycles. The topological polar surface area (TPSA) is 95.5 Å². The second-order valence-corrected chi connectivity index (χ2v) is 6.08. The lowest BCUT2D eigenvalue weighted by molar-refractivity contribution is -0.149. The van der Waals surface area contributed by atoms with E-state index in [1.165, 1.54) is 26.7 Å². The van der Waals surface area contributed by atoms with Gasteiger partial charge in [0.2, 0.25) is 5.91 Å². The maximum Gasteiger partial charge on any atom is 0.321 e. The Balaban J connectivity index is 2.37. The van der Waals surface area contributed by atoms with Gasteiger partial charge in [0.25, 0.3) is 0 Å². The van der Waals surface area contributed by atoms with E-state index < -0.39 is 23.3 Å². The number of imide groups is 1. The van der Waals surface area contributed by atoms with Crippen molar-refractivity contribution in [3.8, 4) is 0 Å². The first kappa shape index (κ1) is 16.5. The third kappa shape index (κ3) is 5.59. The van der Waals surface area contributed by atoms with E-state index in [1.54, 1.807) is 0 Å². The van der Waals surface area contributed by atoms with Gasteiger partial charge in [0, 0.05) is 12.5 Å². The van der Waals surface area contributed by atoms with Crippen molar-refractivity contribution in [3.05, 3.63) is 0 Å². The van der Waals surface area contributed by atoms with Crippen molar-refractivity contribution in [3.63, 3.8) is 0 Å². The zero-order valence-corrected chi connectivity index (χ0v) is 12.2. The molecule has 3 N–H and O–H groups in total. The van der Waals surface area contributed by atoms with Gasteiger partial charge >= 0.3 is 12.0 Å². The first-order valence-electron chi connectivity index (χ1n) is 7.15. The number of hydrogen-bond donors (Lipinski definition) is 3. The van der Waals surface area contributed by atoms with Crippen LogP contribution in [0.25, 0.3) is 0 Å². The molecule has 20 heavy (non-hydrogen) atoms. The summed E-state index contributed by atoms with van der Waals surface area (Å²) in [5, 5.41) is 13.9. The molecule has 0 aromatic rings. The van der Waals surface area contributed by atoms with Gasteiger partial charge in [-0.25, -0.2) is 4.79 Å². The van der Waals surface area contributed by atoms with Gasteiger partial charge in [-0.15, -0.1) is 0 Å². The molecule has 0 bridgehead atoms. The van der Waals surface area contributed by atoms with Crippen LogP contribution in [0, 0.1) is 5.41 Å². The molecule has 6 nitrogen and oxygen atoms in total. The number of carboxylic acids is 1. The van der Waals surface area contributed by atoms with Crippen LogP contribution in [0.5, 0.6) is 0 Å². The van der Waals surface area contributed by atoms with Gasteiger partial charge in [-0.1, -0.05) is 25.7 Å². The molecule has 3 amide bonds. The summed E-state index contributed by atoms with van der Waals surface area (Å²) in [6, 6.07) is -0.416. The van der Waals surface area contributed by atoms with Gasteiger partial charge < -0.3 is 10.4 Å². The van der Waals surface area contributed by atoms with Gasteiger partial charge in [-0.2, -0.15) is 0 Å². The van der Waals surface area contributed by atoms with E-state index in [0.717, 1.165) is 25.7 Å². The van der Waals surface area contributed by atoms with Crippen molar-refractivity contribution in [2.75, 3.05) is 0 Å². The molecule has 1 aliphatic rings. The van der Waals surface area contributed by atoms with Crippen LogP contribution < -0.4 is 10.6 Å². The molecule has 0 spiro atoms. The van der Waals surface area contributed by atoms with Gasteiger partial charge in [0.05, 0.1) is 5.41 Å². The lowest BCUT2D eigenvalue weighted by atomic mass is 9.89. The van der Waals surface area contributed by atoms with Crippen LogP contribution in [0.1, 0.15) is 58.8 Å². The fourth-order valence-corrected chi connectivity index (χ4v) is 2.29. The molecule has 0 aromatic carbocycles. The van der Waals surface area contributed by atoms with E-state index in [0.29, 0.717) is 0 Å². The number of carboxylic acid groups (broad SMARTS) is 1. The van der Waals surface area contributed by atoms with E-state index in [2.05, 4.69) is 10.6 Å². The first-order chi connectivity index (χ1) is 9.31. The number of aliphatic carboxylic acids is 1. The maximum atomic E-state index is 11.7. The first-order valence-corrected chi connectivity index (χ1v) is 7.15. The largest absolute Gasteiger partial charge is 0.481 e. The van der Waals surface area contributed by atoms with Crippen LogP contribution >= 0.6 is 0 Å². The van der Waals surface area contributed by atoms with E-state index in [-0.39, 0.29) is 12.5 Å². The molecular formula is C14H24N2O4. The zero-order valence-electron chi connectivity index (χ0n) is 12.2. The molecule has 1 fully saturated rings. The van der Waals surface area contributed by atoms with Gasteiger partial charge in [-0.05, 0) is 26.7 Å². The summed E-state index contributed by atoms with van der Waals surface area (Å²) >= 11 is 0. The zero-order chi connectivity index (χ0) is 15.2. The number of hydrogen-bond acceptors (Lipinski definition) is 3. The third-order valence-corrected chi connectivity index (χ3v) is 3.62. The lowest BCUT2D eigenvalue weighted by Crippen LogP contribution is -2.45. The molecule has 0 heterocycles. The molecule has 1 rings (SSSR count). The smallest absolute Gasteiger partial charge is 0.321 e. The molecule has 0 atom stereocenters. The molecule has 1 saturated carbocycles. The predicted molar refractivity (Wildman–Crippen MR) is 74.2 cm³/mol. The number of rotatable bonds is 4. The standard InChI is InChI=1S/C14H24N2O4/c1-14(2,12(18)19)9-11(17)16-13(20)15-10-7-5-3-4-6-8-10/h10H,3-9H2,1-2H3,(H,18,19)(H2,15,16,17,20). The lowest BCUT2D eigenvalue weighted by Gasteiger charge is -2.19. The summed E-state index contributed by atoms with van der Waals surface area (Å²) in [7, 11) is 0. The van der Waals surface area contributed by atoms with Crippen molar-refractivity contribution < 1.29 is 19.5 Å². The summed E-state index contributed by atoms with van der Waals surface area (Å²) in [4.78, 5) is 34.3. The minimum atomic E-state index is -1.17. The minimum Gasteiger partial charge on any atom is -0.481 e. The van der Waals surface area contributed by atoms with Crippen molar-refractivity contribution >= 4 is 17.9 Å². The Kier molecular flexibility index (Phi) is 5.98. The molecule has 0 aromatic heterocycles. The quantitative estimate of drug-likeness (QED) is 0.688. The number of urea groups is 1. The summed E-state index contributed by atoms with van der Waals surface area (Å²) in [6.07, 6.45) is 6.19. The molecular weight excluding hydrogens is 260 g/mol. The third-order valence-electron chi connectivity index (χ3n) is 3.62. The average molecular weight is 284 g/mol. The fraction of sp³-hybridized carbons (Fsp3) is 0.786. The fourth-order valence-electron chi connectivity index (χ4n) is 2.29. The monoisotopic (exact) mass is 284 g/mol. The summed E-state index contributed by atoms with van der Waals surface area (Å²) in [6.45, 7) is 2.91. The van der Waals surface area contributed by atoms with Crippen LogP contribution in [0.3, 0.4) is 0 Å². The van der Waals surface area contributed by atoms with Crippen LogP contribution in [-0.4, -0.2) is 29.1 Å². The SMILES string of the molecule is CC(C)(CC(=O)NC(=O)NC1CCCCCC1)C(=O)O. The number of carbonyl (C=O) groups is 3. The predicted octanol–water partition coefficient (Wildman–Crippen LogP) is 2.04. The summed E-state index contributed by atoms with van der Waals surface area (Å²) in [5.74, 6) is -1.62. The van der Waals surface area contributed by atoms with Gasteiger partial charge in [-0.3, -0.25) is 14.9 Å². The number of carbonyl (C=O) groups excluding carboxylic acids is 2. The summed E-state index contributed by atoms with van der Waals surface area (Å²) in [5.41, 5.74) is -1.17. The highest BCUT2D eigenvalue weighted by Crippen LogP contribution is 2.20. The molecule has 6 heteroatoms. The van der Waals surface area contributed by atoms with Gasteiger partial charge in [0.15, 0.2) is 0 Å². The highest BCUT2D eigenvalue weighted by atomic mass is 16.4. The van der Waals surface area contributed by atoms with Crippen molar-refractivity contribution in [1.82, 2.24) is 10.6 Å². The second-order valence-electron chi connectivity index (χ2n) is 6.08. The van der Waals surface area contributed by atoms with Crippen LogP contribution in [-0.2, 0) is 9.59 Å².